The van der Waals surface area contributed by atoms with Crippen LogP contribution in [0.5, 0.6) is 0 Å². The van der Waals surface area contributed by atoms with Crippen LogP contribution in [0.4, 0.5) is 0 Å². The number of likely N-dealkylation sites (tertiary alicyclic amines) is 1. The van der Waals surface area contributed by atoms with Crippen molar-refractivity contribution < 1.29 is 9.59 Å². The molecular formula is C26H29N3O2. The number of unbranched alkanes of at least 4 members (excludes halogenated alkanes) is 2. The van der Waals surface area contributed by atoms with E-state index in [-0.39, 0.29) is 11.8 Å². The van der Waals surface area contributed by atoms with Crippen LogP contribution in [-0.4, -0.2) is 52.8 Å². The number of aromatic nitrogens is 1. The molecule has 5 nitrogen and oxygen atoms in total. The SMILES string of the molecule is O=C1c2ccccc2C(=O)N1CCCCCN1CCC(c2c[nH]c3ccccc23)CC1. The molecule has 0 bridgehead atoms. The maximum Gasteiger partial charge on any atom is 0.261 e. The van der Waals surface area contributed by atoms with Crippen LogP contribution in [0.25, 0.3) is 10.9 Å². The van der Waals surface area contributed by atoms with Crippen LogP contribution in [0.15, 0.2) is 54.7 Å². The Bertz CT molecular complexity index is 1060. The van der Waals surface area contributed by atoms with Crippen molar-refractivity contribution in [2.75, 3.05) is 26.2 Å². The molecule has 0 atom stereocenters. The molecule has 1 aromatic heterocycles. The van der Waals surface area contributed by atoms with E-state index in [9.17, 15) is 9.59 Å². The lowest BCUT2D eigenvalue weighted by Gasteiger charge is -2.32. The molecule has 0 unspecified atom stereocenters. The summed E-state index contributed by atoms with van der Waals surface area (Å²) in [5.41, 5.74) is 3.80. The van der Waals surface area contributed by atoms with E-state index in [4.69, 9.17) is 0 Å². The highest BCUT2D eigenvalue weighted by atomic mass is 16.2. The van der Waals surface area contributed by atoms with E-state index in [0.29, 0.717) is 23.6 Å². The fourth-order valence-electron chi connectivity index (χ4n) is 5.12. The van der Waals surface area contributed by atoms with Gasteiger partial charge in [0.2, 0.25) is 0 Å². The van der Waals surface area contributed by atoms with E-state index < -0.39 is 0 Å². The van der Waals surface area contributed by atoms with E-state index in [1.165, 1.54) is 34.2 Å². The lowest BCUT2D eigenvalue weighted by molar-refractivity contribution is 0.0651. The zero-order valence-electron chi connectivity index (χ0n) is 17.8. The van der Waals surface area contributed by atoms with Gasteiger partial charge in [-0.15, -0.1) is 0 Å². The fourth-order valence-corrected chi connectivity index (χ4v) is 5.12. The number of fused-ring (bicyclic) bond motifs is 2. The Hall–Kier alpha value is -2.92. The fraction of sp³-hybridized carbons (Fsp3) is 0.385. The Balaban J connectivity index is 1.04. The summed E-state index contributed by atoms with van der Waals surface area (Å²) >= 11 is 0. The van der Waals surface area contributed by atoms with Crippen LogP contribution in [-0.2, 0) is 0 Å². The number of benzene rings is 2. The molecule has 31 heavy (non-hydrogen) atoms. The number of hydrogen-bond acceptors (Lipinski definition) is 3. The van der Waals surface area contributed by atoms with Crippen molar-refractivity contribution in [2.45, 2.75) is 38.0 Å². The summed E-state index contributed by atoms with van der Waals surface area (Å²) in [5.74, 6) is 0.362. The highest BCUT2D eigenvalue weighted by Crippen LogP contribution is 2.33. The van der Waals surface area contributed by atoms with E-state index in [2.05, 4.69) is 40.3 Å². The number of carbonyl (C=O) groups excluding carboxylic acids is 2. The molecule has 160 valence electrons. The number of piperidine rings is 1. The molecule has 0 saturated carbocycles. The maximum absolute atomic E-state index is 12.4. The third-order valence-corrected chi connectivity index (χ3v) is 6.88. The van der Waals surface area contributed by atoms with Crippen molar-refractivity contribution in [3.63, 3.8) is 0 Å². The molecule has 0 radical (unpaired) electrons. The molecule has 2 aromatic carbocycles. The van der Waals surface area contributed by atoms with Gasteiger partial charge in [-0.3, -0.25) is 14.5 Å². The minimum atomic E-state index is -0.139. The highest BCUT2D eigenvalue weighted by Gasteiger charge is 2.34. The van der Waals surface area contributed by atoms with Gasteiger partial charge < -0.3 is 9.88 Å². The Morgan fingerprint density at radius 1 is 0.806 bits per heavy atom. The topological polar surface area (TPSA) is 56.4 Å². The van der Waals surface area contributed by atoms with E-state index >= 15 is 0 Å². The smallest absolute Gasteiger partial charge is 0.261 e. The van der Waals surface area contributed by atoms with Gasteiger partial charge in [-0.1, -0.05) is 36.8 Å². The zero-order valence-corrected chi connectivity index (χ0v) is 17.8. The quantitative estimate of drug-likeness (QED) is 0.445. The predicted molar refractivity (Wildman–Crippen MR) is 122 cm³/mol. The first kappa shape index (κ1) is 20.0. The predicted octanol–water partition coefficient (Wildman–Crippen LogP) is 4.81. The molecule has 2 aliphatic heterocycles. The summed E-state index contributed by atoms with van der Waals surface area (Å²) in [5, 5.41) is 1.37. The van der Waals surface area contributed by atoms with Gasteiger partial charge in [0.15, 0.2) is 0 Å². The number of rotatable bonds is 7. The second-order valence-electron chi connectivity index (χ2n) is 8.77. The van der Waals surface area contributed by atoms with Crippen molar-refractivity contribution in [1.82, 2.24) is 14.8 Å². The zero-order chi connectivity index (χ0) is 21.2. The lowest BCUT2D eigenvalue weighted by Crippen LogP contribution is -2.34. The molecular weight excluding hydrogens is 386 g/mol. The van der Waals surface area contributed by atoms with Gasteiger partial charge in [0, 0.05) is 23.6 Å². The monoisotopic (exact) mass is 415 g/mol. The molecule has 5 rings (SSSR count). The van der Waals surface area contributed by atoms with Crippen LogP contribution in [0, 0.1) is 0 Å². The molecule has 1 fully saturated rings. The van der Waals surface area contributed by atoms with Crippen LogP contribution in [0.2, 0.25) is 0 Å². The summed E-state index contributed by atoms with van der Waals surface area (Å²) < 4.78 is 0. The van der Waals surface area contributed by atoms with E-state index in [0.717, 1.165) is 38.9 Å². The normalized spacial score (nSPS) is 17.6. The van der Waals surface area contributed by atoms with Gasteiger partial charge in [0.1, 0.15) is 0 Å². The van der Waals surface area contributed by atoms with E-state index in [1.54, 1.807) is 12.1 Å². The number of hydrogen-bond donors (Lipinski definition) is 1. The average Bonchev–Trinajstić information content (AvgIpc) is 3.34. The number of carbonyl (C=O) groups is 2. The number of nitrogens with one attached hydrogen (secondary N) is 1. The lowest BCUT2D eigenvalue weighted by atomic mass is 9.89. The Labute approximate surface area is 183 Å². The summed E-state index contributed by atoms with van der Waals surface area (Å²) in [4.78, 5) is 32.2. The molecule has 0 aliphatic carbocycles. The van der Waals surface area contributed by atoms with Gasteiger partial charge in [0.25, 0.3) is 11.8 Å². The molecule has 3 heterocycles. The number of amides is 2. The number of para-hydroxylation sites is 1. The molecule has 0 spiro atoms. The Kier molecular flexibility index (Phi) is 5.60. The summed E-state index contributed by atoms with van der Waals surface area (Å²) in [6, 6.07) is 15.7. The Morgan fingerprint density at radius 3 is 2.19 bits per heavy atom. The third kappa shape index (κ3) is 3.90. The Morgan fingerprint density at radius 2 is 1.45 bits per heavy atom. The highest BCUT2D eigenvalue weighted by molar-refractivity contribution is 6.21. The molecule has 2 aliphatic rings. The molecule has 1 N–H and O–H groups in total. The third-order valence-electron chi connectivity index (χ3n) is 6.88. The van der Waals surface area contributed by atoms with Crippen LogP contribution in [0.3, 0.4) is 0 Å². The second kappa shape index (κ2) is 8.67. The minimum absolute atomic E-state index is 0.139. The van der Waals surface area contributed by atoms with Crippen molar-refractivity contribution >= 4 is 22.7 Å². The van der Waals surface area contributed by atoms with Crippen molar-refractivity contribution in [3.05, 3.63) is 71.4 Å². The van der Waals surface area contributed by atoms with Gasteiger partial charge >= 0.3 is 0 Å². The minimum Gasteiger partial charge on any atom is -0.361 e. The number of H-pyrrole nitrogens is 1. The van der Waals surface area contributed by atoms with Gasteiger partial charge in [-0.2, -0.15) is 0 Å². The van der Waals surface area contributed by atoms with E-state index in [1.807, 2.05) is 12.1 Å². The first-order valence-corrected chi connectivity index (χ1v) is 11.5. The first-order chi connectivity index (χ1) is 15.2. The van der Waals surface area contributed by atoms with Gasteiger partial charge in [-0.05, 0) is 75.0 Å². The maximum atomic E-state index is 12.4. The molecule has 5 heteroatoms. The average molecular weight is 416 g/mol. The van der Waals surface area contributed by atoms with Gasteiger partial charge in [0.05, 0.1) is 11.1 Å². The first-order valence-electron chi connectivity index (χ1n) is 11.5. The number of imide groups is 1. The number of aromatic amines is 1. The largest absolute Gasteiger partial charge is 0.361 e. The van der Waals surface area contributed by atoms with Gasteiger partial charge in [-0.25, -0.2) is 0 Å². The van der Waals surface area contributed by atoms with Crippen molar-refractivity contribution in [3.8, 4) is 0 Å². The van der Waals surface area contributed by atoms with Crippen LogP contribution >= 0.6 is 0 Å². The molecule has 1 saturated heterocycles. The van der Waals surface area contributed by atoms with Crippen LogP contribution in [0.1, 0.15) is 64.3 Å². The summed E-state index contributed by atoms with van der Waals surface area (Å²) in [7, 11) is 0. The van der Waals surface area contributed by atoms with Crippen LogP contribution < -0.4 is 0 Å². The van der Waals surface area contributed by atoms with Crippen molar-refractivity contribution in [2.24, 2.45) is 0 Å². The molecule has 2 amide bonds. The second-order valence-corrected chi connectivity index (χ2v) is 8.77. The summed E-state index contributed by atoms with van der Waals surface area (Å²) in [6.45, 7) is 3.91. The van der Waals surface area contributed by atoms with Crippen molar-refractivity contribution in [1.29, 1.82) is 0 Å². The summed E-state index contributed by atoms with van der Waals surface area (Å²) in [6.07, 6.45) is 7.63. The molecule has 3 aromatic rings. The number of nitrogens with zero attached hydrogens (tertiary/aromatic N) is 2. The standard InChI is InChI=1S/C26H29N3O2/c30-25-21-9-2-3-10-22(21)26(31)29(25)15-7-1-6-14-28-16-12-19(13-17-28)23-18-27-24-11-5-4-8-20(23)24/h2-5,8-11,18-19,27H,1,6-7,12-17H2.